The van der Waals surface area contributed by atoms with Gasteiger partial charge in [0.2, 0.25) is 11.8 Å². The van der Waals surface area contributed by atoms with E-state index in [2.05, 4.69) is 0 Å². The van der Waals surface area contributed by atoms with Gasteiger partial charge in [-0.1, -0.05) is 0 Å². The normalized spacial score (nSPS) is 34.4. The van der Waals surface area contributed by atoms with Crippen LogP contribution >= 0.6 is 11.8 Å². The number of hydrogen-bond acceptors (Lipinski definition) is 4. The van der Waals surface area contributed by atoms with Crippen molar-refractivity contribution in [3.63, 3.8) is 0 Å². The van der Waals surface area contributed by atoms with Crippen molar-refractivity contribution >= 4 is 23.6 Å². The molecule has 0 aromatic heterocycles. The summed E-state index contributed by atoms with van der Waals surface area (Å²) in [5.74, 6) is 1.87. The fourth-order valence-electron chi connectivity index (χ4n) is 3.00. The van der Waals surface area contributed by atoms with E-state index in [1.54, 1.807) is 16.7 Å². The summed E-state index contributed by atoms with van der Waals surface area (Å²) in [6.07, 6.45) is 2.13. The molecule has 5 nitrogen and oxygen atoms in total. The smallest absolute Gasteiger partial charge is 0.246 e. The van der Waals surface area contributed by atoms with Crippen molar-refractivity contribution in [2.24, 2.45) is 5.92 Å². The van der Waals surface area contributed by atoms with E-state index < -0.39 is 0 Å². The first-order valence-electron chi connectivity index (χ1n) is 7.38. The predicted molar refractivity (Wildman–Crippen MR) is 77.3 cm³/mol. The van der Waals surface area contributed by atoms with Crippen LogP contribution in [-0.2, 0) is 14.3 Å². The first-order chi connectivity index (χ1) is 9.56. The number of carbonyl (C=O) groups excluding carboxylic acids is 2. The van der Waals surface area contributed by atoms with Crippen molar-refractivity contribution in [2.75, 3.05) is 24.7 Å². The van der Waals surface area contributed by atoms with Crippen molar-refractivity contribution in [3.05, 3.63) is 0 Å². The molecule has 112 valence electrons. The van der Waals surface area contributed by atoms with E-state index in [0.717, 1.165) is 18.6 Å². The van der Waals surface area contributed by atoms with Crippen LogP contribution in [0.1, 0.15) is 26.7 Å². The summed E-state index contributed by atoms with van der Waals surface area (Å²) in [5.41, 5.74) is 0. The molecule has 2 heterocycles. The molecule has 6 heteroatoms. The molecule has 0 aromatic rings. The SMILES string of the molecule is CC1CN(C(=O)C2CSCN2C(=O)C2CC2)CC(C)O1. The first-order valence-corrected chi connectivity index (χ1v) is 8.54. The average Bonchev–Trinajstić information content (AvgIpc) is 3.13. The number of rotatable bonds is 2. The van der Waals surface area contributed by atoms with Gasteiger partial charge in [-0.25, -0.2) is 0 Å². The Morgan fingerprint density at radius 2 is 1.75 bits per heavy atom. The predicted octanol–water partition coefficient (Wildman–Crippen LogP) is 0.934. The van der Waals surface area contributed by atoms with Gasteiger partial charge in [0.25, 0.3) is 0 Å². The van der Waals surface area contributed by atoms with Crippen LogP contribution in [-0.4, -0.2) is 64.6 Å². The van der Waals surface area contributed by atoms with E-state index in [0.29, 0.717) is 19.0 Å². The highest BCUT2D eigenvalue weighted by Crippen LogP contribution is 2.35. The van der Waals surface area contributed by atoms with Crippen LogP contribution in [0.4, 0.5) is 0 Å². The Kier molecular flexibility index (Phi) is 3.95. The molecule has 0 N–H and O–H groups in total. The Hall–Kier alpha value is -0.750. The lowest BCUT2D eigenvalue weighted by Gasteiger charge is -2.37. The Labute approximate surface area is 124 Å². The lowest BCUT2D eigenvalue weighted by atomic mass is 10.1. The number of thioether (sulfide) groups is 1. The van der Waals surface area contributed by atoms with Gasteiger partial charge in [-0.2, -0.15) is 0 Å². The summed E-state index contributed by atoms with van der Waals surface area (Å²) in [7, 11) is 0. The summed E-state index contributed by atoms with van der Waals surface area (Å²) < 4.78 is 5.67. The molecule has 1 aliphatic carbocycles. The maximum absolute atomic E-state index is 12.7. The summed E-state index contributed by atoms with van der Waals surface area (Å²) in [4.78, 5) is 28.6. The van der Waals surface area contributed by atoms with Crippen LogP contribution < -0.4 is 0 Å². The second-order valence-electron chi connectivity index (χ2n) is 6.10. The third kappa shape index (κ3) is 2.81. The molecule has 3 atom stereocenters. The molecule has 20 heavy (non-hydrogen) atoms. The number of morpholine rings is 1. The highest BCUT2D eigenvalue weighted by atomic mass is 32.2. The number of nitrogens with zero attached hydrogens (tertiary/aromatic N) is 2. The minimum Gasteiger partial charge on any atom is -0.372 e. The third-order valence-electron chi connectivity index (χ3n) is 4.11. The number of amides is 2. The molecule has 3 unspecified atom stereocenters. The molecule has 2 aliphatic heterocycles. The van der Waals surface area contributed by atoms with Gasteiger partial charge in [-0.15, -0.1) is 11.8 Å². The average molecular weight is 298 g/mol. The van der Waals surface area contributed by atoms with E-state index in [4.69, 9.17) is 4.74 Å². The molecule has 3 aliphatic rings. The standard InChI is InChI=1S/C14H22N2O3S/c1-9-5-15(6-10(2)19-9)14(18)12-7-20-8-16(12)13(17)11-3-4-11/h9-12H,3-8H2,1-2H3. The van der Waals surface area contributed by atoms with Crippen LogP contribution in [0.15, 0.2) is 0 Å². The van der Waals surface area contributed by atoms with Gasteiger partial charge in [0.05, 0.1) is 18.1 Å². The number of carbonyl (C=O) groups is 2. The van der Waals surface area contributed by atoms with Crippen molar-refractivity contribution in [2.45, 2.75) is 44.9 Å². The molecule has 0 bridgehead atoms. The van der Waals surface area contributed by atoms with Crippen molar-refractivity contribution in [1.82, 2.24) is 9.80 Å². The monoisotopic (exact) mass is 298 g/mol. The second-order valence-corrected chi connectivity index (χ2v) is 7.10. The van der Waals surface area contributed by atoms with Crippen LogP contribution in [0.5, 0.6) is 0 Å². The summed E-state index contributed by atoms with van der Waals surface area (Å²) in [6.45, 7) is 5.25. The highest BCUT2D eigenvalue weighted by Gasteiger charge is 2.43. The lowest BCUT2D eigenvalue weighted by molar-refractivity contribution is -0.151. The topological polar surface area (TPSA) is 49.9 Å². The molecule has 1 saturated carbocycles. The molecule has 3 rings (SSSR count). The highest BCUT2D eigenvalue weighted by molar-refractivity contribution is 7.99. The van der Waals surface area contributed by atoms with Gasteiger partial charge in [0.15, 0.2) is 0 Å². The quantitative estimate of drug-likeness (QED) is 0.761. The molecule has 0 aromatic carbocycles. The van der Waals surface area contributed by atoms with E-state index >= 15 is 0 Å². The summed E-state index contributed by atoms with van der Waals surface area (Å²) in [5, 5.41) is 0. The van der Waals surface area contributed by atoms with Crippen LogP contribution in [0.25, 0.3) is 0 Å². The minimum absolute atomic E-state index is 0.0735. The fraction of sp³-hybridized carbons (Fsp3) is 0.857. The molecule has 0 radical (unpaired) electrons. The van der Waals surface area contributed by atoms with Crippen LogP contribution in [0, 0.1) is 5.92 Å². The van der Waals surface area contributed by atoms with Gasteiger partial charge in [-0.05, 0) is 26.7 Å². The maximum atomic E-state index is 12.7. The zero-order chi connectivity index (χ0) is 14.3. The summed E-state index contributed by atoms with van der Waals surface area (Å²) in [6, 6.07) is -0.259. The Morgan fingerprint density at radius 1 is 1.10 bits per heavy atom. The van der Waals surface area contributed by atoms with Gasteiger partial charge in [0, 0.05) is 24.8 Å². The van der Waals surface area contributed by atoms with Gasteiger partial charge < -0.3 is 14.5 Å². The van der Waals surface area contributed by atoms with E-state index in [9.17, 15) is 9.59 Å². The van der Waals surface area contributed by atoms with E-state index in [1.807, 2.05) is 18.7 Å². The van der Waals surface area contributed by atoms with Crippen molar-refractivity contribution < 1.29 is 14.3 Å². The number of ether oxygens (including phenoxy) is 1. The minimum atomic E-state index is -0.259. The maximum Gasteiger partial charge on any atom is 0.246 e. The Bertz CT molecular complexity index is 403. The molecular weight excluding hydrogens is 276 g/mol. The van der Waals surface area contributed by atoms with Gasteiger partial charge in [-0.3, -0.25) is 9.59 Å². The van der Waals surface area contributed by atoms with Gasteiger partial charge >= 0.3 is 0 Å². The largest absolute Gasteiger partial charge is 0.372 e. The number of hydrogen-bond donors (Lipinski definition) is 0. The summed E-state index contributed by atoms with van der Waals surface area (Å²) >= 11 is 1.68. The first kappa shape index (κ1) is 14.2. The van der Waals surface area contributed by atoms with Crippen LogP contribution in [0.3, 0.4) is 0 Å². The van der Waals surface area contributed by atoms with Crippen molar-refractivity contribution in [3.8, 4) is 0 Å². The molecule has 3 fully saturated rings. The van der Waals surface area contributed by atoms with Gasteiger partial charge in [0.1, 0.15) is 6.04 Å². The second kappa shape index (κ2) is 5.56. The Morgan fingerprint density at radius 3 is 2.35 bits per heavy atom. The third-order valence-corrected chi connectivity index (χ3v) is 5.12. The van der Waals surface area contributed by atoms with Crippen molar-refractivity contribution in [1.29, 1.82) is 0 Å². The molecular formula is C14H22N2O3S. The Balaban J connectivity index is 1.67. The lowest BCUT2D eigenvalue weighted by Crippen LogP contribution is -2.55. The molecule has 0 spiro atoms. The molecule has 2 amide bonds. The molecule has 2 saturated heterocycles. The van der Waals surface area contributed by atoms with E-state index in [1.165, 1.54) is 0 Å². The van der Waals surface area contributed by atoms with Crippen LogP contribution in [0.2, 0.25) is 0 Å². The zero-order valence-electron chi connectivity index (χ0n) is 12.1. The van der Waals surface area contributed by atoms with E-state index in [-0.39, 0.29) is 36.0 Å². The fourth-order valence-corrected chi connectivity index (χ4v) is 4.15. The zero-order valence-corrected chi connectivity index (χ0v) is 12.9.